The standard InChI is InChI=1S/C26H27IN2O5S/c1-33-21-14-19(13-20(27)24(21)34-17-18-9-5-4-6-10-18)15-22-25(31)29(26(32)35-22)16-23(30)28-11-7-2-3-8-12-28/h4-6,9-10,13-15H,2-3,7-8,11-12,16-17H2,1H3. The van der Waals surface area contributed by atoms with Gasteiger partial charge in [-0.05, 0) is 76.5 Å². The molecular weight excluding hydrogens is 579 g/mol. The number of halogens is 1. The first kappa shape index (κ1) is 25.6. The average Bonchev–Trinajstić information content (AvgIpc) is 3.05. The van der Waals surface area contributed by atoms with Crippen molar-refractivity contribution >= 4 is 57.5 Å². The highest BCUT2D eigenvalue weighted by Crippen LogP contribution is 2.37. The molecule has 2 aliphatic rings. The molecule has 0 aromatic heterocycles. The number of amides is 3. The molecule has 0 saturated carbocycles. The fourth-order valence-electron chi connectivity index (χ4n) is 4.04. The van der Waals surface area contributed by atoms with Crippen LogP contribution < -0.4 is 9.47 Å². The maximum atomic E-state index is 13.0. The van der Waals surface area contributed by atoms with Crippen LogP contribution in [0.3, 0.4) is 0 Å². The van der Waals surface area contributed by atoms with E-state index in [0.717, 1.165) is 51.5 Å². The van der Waals surface area contributed by atoms with Crippen LogP contribution in [0, 0.1) is 3.57 Å². The van der Waals surface area contributed by atoms with Crippen LogP contribution in [-0.2, 0) is 16.2 Å². The average molecular weight is 606 g/mol. The van der Waals surface area contributed by atoms with Gasteiger partial charge in [0, 0.05) is 13.1 Å². The van der Waals surface area contributed by atoms with E-state index in [1.165, 1.54) is 0 Å². The molecular formula is C26H27IN2O5S. The van der Waals surface area contributed by atoms with Gasteiger partial charge in [-0.3, -0.25) is 19.3 Å². The Morgan fingerprint density at radius 3 is 2.49 bits per heavy atom. The van der Waals surface area contributed by atoms with Gasteiger partial charge in [0.25, 0.3) is 11.1 Å². The third-order valence-electron chi connectivity index (χ3n) is 5.90. The lowest BCUT2D eigenvalue weighted by Gasteiger charge is -2.22. The van der Waals surface area contributed by atoms with Gasteiger partial charge in [-0.1, -0.05) is 43.2 Å². The normalized spacial score (nSPS) is 17.6. The number of rotatable bonds is 7. The number of methoxy groups -OCH3 is 1. The number of carbonyl (C=O) groups is 3. The first-order valence-electron chi connectivity index (χ1n) is 11.5. The van der Waals surface area contributed by atoms with E-state index in [0.29, 0.717) is 36.8 Å². The summed E-state index contributed by atoms with van der Waals surface area (Å²) >= 11 is 3.02. The zero-order valence-electron chi connectivity index (χ0n) is 19.5. The van der Waals surface area contributed by atoms with Crippen molar-refractivity contribution < 1.29 is 23.9 Å². The van der Waals surface area contributed by atoms with Gasteiger partial charge >= 0.3 is 0 Å². The number of imide groups is 1. The predicted molar refractivity (Wildman–Crippen MR) is 144 cm³/mol. The Labute approximate surface area is 223 Å². The molecule has 2 heterocycles. The fraction of sp³-hybridized carbons (Fsp3) is 0.346. The van der Waals surface area contributed by atoms with Gasteiger partial charge in [-0.2, -0.15) is 0 Å². The number of thioether (sulfide) groups is 1. The van der Waals surface area contributed by atoms with Gasteiger partial charge in [0.2, 0.25) is 5.91 Å². The Balaban J connectivity index is 1.47. The molecule has 9 heteroatoms. The van der Waals surface area contributed by atoms with Crippen LogP contribution in [0.15, 0.2) is 47.4 Å². The lowest BCUT2D eigenvalue weighted by molar-refractivity contribution is -0.135. The summed E-state index contributed by atoms with van der Waals surface area (Å²) in [4.78, 5) is 41.3. The Bertz CT molecular complexity index is 1130. The van der Waals surface area contributed by atoms with E-state index in [1.54, 1.807) is 24.2 Å². The summed E-state index contributed by atoms with van der Waals surface area (Å²) in [5.74, 6) is 0.535. The maximum absolute atomic E-state index is 13.0. The second-order valence-electron chi connectivity index (χ2n) is 8.37. The molecule has 2 aliphatic heterocycles. The quantitative estimate of drug-likeness (QED) is 0.314. The van der Waals surface area contributed by atoms with Crippen molar-refractivity contribution in [3.05, 3.63) is 62.1 Å². The molecule has 0 spiro atoms. The topological polar surface area (TPSA) is 76.2 Å². The molecule has 0 atom stereocenters. The zero-order valence-corrected chi connectivity index (χ0v) is 22.5. The molecule has 2 saturated heterocycles. The highest BCUT2D eigenvalue weighted by Gasteiger charge is 2.37. The van der Waals surface area contributed by atoms with E-state index in [1.807, 2.05) is 36.4 Å². The van der Waals surface area contributed by atoms with Gasteiger partial charge in [-0.15, -0.1) is 0 Å². The predicted octanol–water partition coefficient (Wildman–Crippen LogP) is 5.32. The number of nitrogens with zero attached hydrogens (tertiary/aromatic N) is 2. The van der Waals surface area contributed by atoms with Crippen LogP contribution in [0.1, 0.15) is 36.8 Å². The minimum absolute atomic E-state index is 0.174. The summed E-state index contributed by atoms with van der Waals surface area (Å²) in [7, 11) is 1.56. The molecule has 35 heavy (non-hydrogen) atoms. The van der Waals surface area contributed by atoms with Gasteiger partial charge in [0.15, 0.2) is 11.5 Å². The minimum atomic E-state index is -0.443. The number of ether oxygens (including phenoxy) is 2. The summed E-state index contributed by atoms with van der Waals surface area (Å²) in [6.07, 6.45) is 5.78. The molecule has 184 valence electrons. The smallest absolute Gasteiger partial charge is 0.294 e. The largest absolute Gasteiger partial charge is 0.493 e. The van der Waals surface area contributed by atoms with Crippen LogP contribution in [0.25, 0.3) is 6.08 Å². The number of hydrogen-bond donors (Lipinski definition) is 0. The second kappa shape index (κ2) is 11.9. The van der Waals surface area contributed by atoms with Gasteiger partial charge in [0.05, 0.1) is 15.6 Å². The molecule has 2 fully saturated rings. The van der Waals surface area contributed by atoms with E-state index in [4.69, 9.17) is 9.47 Å². The number of carbonyl (C=O) groups excluding carboxylic acids is 3. The van der Waals surface area contributed by atoms with Crippen molar-refractivity contribution in [3.8, 4) is 11.5 Å². The minimum Gasteiger partial charge on any atom is -0.493 e. The molecule has 4 rings (SSSR count). The Morgan fingerprint density at radius 1 is 1.09 bits per heavy atom. The van der Waals surface area contributed by atoms with Crippen molar-refractivity contribution in [1.29, 1.82) is 0 Å². The van der Waals surface area contributed by atoms with Crippen LogP contribution in [0.4, 0.5) is 4.79 Å². The third kappa shape index (κ3) is 6.38. The zero-order chi connectivity index (χ0) is 24.8. The van der Waals surface area contributed by atoms with E-state index in [2.05, 4.69) is 22.6 Å². The molecule has 7 nitrogen and oxygen atoms in total. The Morgan fingerprint density at radius 2 is 1.80 bits per heavy atom. The molecule has 2 aromatic rings. The summed E-state index contributed by atoms with van der Waals surface area (Å²) in [6, 6.07) is 13.5. The lowest BCUT2D eigenvalue weighted by atomic mass is 10.1. The molecule has 0 unspecified atom stereocenters. The van der Waals surface area contributed by atoms with Crippen LogP contribution >= 0.6 is 34.4 Å². The van der Waals surface area contributed by atoms with E-state index in [-0.39, 0.29) is 17.4 Å². The van der Waals surface area contributed by atoms with Crippen molar-refractivity contribution in [2.75, 3.05) is 26.7 Å². The van der Waals surface area contributed by atoms with Gasteiger partial charge in [-0.25, -0.2) is 0 Å². The fourth-order valence-corrected chi connectivity index (χ4v) is 5.66. The third-order valence-corrected chi connectivity index (χ3v) is 7.61. The Kier molecular flexibility index (Phi) is 8.72. The second-order valence-corrected chi connectivity index (χ2v) is 10.5. The number of likely N-dealkylation sites (tertiary alicyclic amines) is 1. The first-order chi connectivity index (χ1) is 17.0. The van der Waals surface area contributed by atoms with Crippen molar-refractivity contribution in [1.82, 2.24) is 9.80 Å². The van der Waals surface area contributed by atoms with Crippen LogP contribution in [0.5, 0.6) is 11.5 Å². The first-order valence-corrected chi connectivity index (χ1v) is 13.4. The summed E-state index contributed by atoms with van der Waals surface area (Å²) in [5, 5.41) is -0.422. The maximum Gasteiger partial charge on any atom is 0.294 e. The molecule has 0 radical (unpaired) electrons. The molecule has 2 aromatic carbocycles. The monoisotopic (exact) mass is 606 g/mol. The lowest BCUT2D eigenvalue weighted by Crippen LogP contribution is -2.42. The van der Waals surface area contributed by atoms with E-state index < -0.39 is 11.1 Å². The Hall–Kier alpha value is -2.53. The summed E-state index contributed by atoms with van der Waals surface area (Å²) < 4.78 is 12.4. The van der Waals surface area contributed by atoms with Gasteiger partial charge in [0.1, 0.15) is 13.2 Å². The highest BCUT2D eigenvalue weighted by atomic mass is 127. The van der Waals surface area contributed by atoms with E-state index >= 15 is 0 Å². The van der Waals surface area contributed by atoms with Gasteiger partial charge < -0.3 is 14.4 Å². The number of hydrogen-bond acceptors (Lipinski definition) is 6. The van der Waals surface area contributed by atoms with Crippen LogP contribution in [-0.4, -0.2) is 53.6 Å². The molecule has 0 bridgehead atoms. The number of benzene rings is 2. The molecule has 0 aliphatic carbocycles. The van der Waals surface area contributed by atoms with Crippen molar-refractivity contribution in [3.63, 3.8) is 0 Å². The SMILES string of the molecule is COc1cc(C=C2SC(=O)N(CC(=O)N3CCCCCC3)C2=O)cc(I)c1OCc1ccccc1. The van der Waals surface area contributed by atoms with E-state index in [9.17, 15) is 14.4 Å². The summed E-state index contributed by atoms with van der Waals surface area (Å²) in [6.45, 7) is 1.55. The van der Waals surface area contributed by atoms with Crippen LogP contribution in [0.2, 0.25) is 0 Å². The summed E-state index contributed by atoms with van der Waals surface area (Å²) in [5.41, 5.74) is 1.75. The van der Waals surface area contributed by atoms with Crippen molar-refractivity contribution in [2.24, 2.45) is 0 Å². The highest BCUT2D eigenvalue weighted by molar-refractivity contribution is 14.1. The van der Waals surface area contributed by atoms with Crippen molar-refractivity contribution in [2.45, 2.75) is 32.3 Å². The molecule has 3 amide bonds. The molecule has 0 N–H and O–H groups in total.